The summed E-state index contributed by atoms with van der Waals surface area (Å²) in [6, 6.07) is 7.97. The van der Waals surface area contributed by atoms with E-state index in [0.717, 1.165) is 23.4 Å². The molecule has 5 heteroatoms. The van der Waals surface area contributed by atoms with Crippen LogP contribution in [0, 0.1) is 12.7 Å². The summed E-state index contributed by atoms with van der Waals surface area (Å²) >= 11 is 0. The van der Waals surface area contributed by atoms with Crippen LogP contribution in [-0.4, -0.2) is 30.1 Å². The van der Waals surface area contributed by atoms with Crippen LogP contribution in [0.4, 0.5) is 4.39 Å². The highest BCUT2D eigenvalue weighted by Gasteiger charge is 2.13. The van der Waals surface area contributed by atoms with Gasteiger partial charge in [0.1, 0.15) is 5.82 Å². The van der Waals surface area contributed by atoms with Gasteiger partial charge in [0.15, 0.2) is 0 Å². The quantitative estimate of drug-likeness (QED) is 0.765. The molecule has 0 atom stereocenters. The maximum atomic E-state index is 13.0. The second-order valence-corrected chi connectivity index (χ2v) is 5.76. The fourth-order valence-corrected chi connectivity index (χ4v) is 2.27. The molecule has 1 heterocycles. The van der Waals surface area contributed by atoms with Crippen LogP contribution < -0.4 is 5.32 Å². The number of ether oxygens (including phenoxy) is 1. The molecule has 4 nitrogen and oxygen atoms in total. The third kappa shape index (κ3) is 4.93. The van der Waals surface area contributed by atoms with E-state index in [1.807, 2.05) is 20.8 Å². The molecule has 124 valence electrons. The first-order valence-corrected chi connectivity index (χ1v) is 7.82. The molecule has 0 aliphatic rings. The van der Waals surface area contributed by atoms with Crippen LogP contribution in [-0.2, 0) is 4.74 Å². The zero-order valence-electron chi connectivity index (χ0n) is 13.8. The summed E-state index contributed by atoms with van der Waals surface area (Å²) in [4.78, 5) is 15.4. The van der Waals surface area contributed by atoms with Gasteiger partial charge in [-0.25, -0.2) is 4.39 Å². The first kappa shape index (κ1) is 17.2. The molecule has 1 aromatic carbocycles. The van der Waals surface area contributed by atoms with Gasteiger partial charge in [0.05, 0.1) is 11.7 Å². The van der Waals surface area contributed by atoms with Gasteiger partial charge in [-0.05, 0) is 63.1 Å². The second-order valence-electron chi connectivity index (χ2n) is 5.76. The molecule has 0 bridgehead atoms. The Bertz CT molecular complexity index is 648. The number of nitrogens with one attached hydrogen (secondary N) is 2. The molecule has 0 radical (unpaired) electrons. The molecule has 2 rings (SSSR count). The normalized spacial score (nSPS) is 11.0. The minimum atomic E-state index is -0.279. The van der Waals surface area contributed by atoms with Gasteiger partial charge in [0.25, 0.3) is 5.91 Å². The number of amides is 1. The first-order chi connectivity index (χ1) is 11.0. The van der Waals surface area contributed by atoms with Gasteiger partial charge in [0, 0.05) is 24.5 Å². The van der Waals surface area contributed by atoms with Crippen molar-refractivity contribution >= 4 is 5.91 Å². The molecule has 0 saturated carbocycles. The summed E-state index contributed by atoms with van der Waals surface area (Å²) in [6.45, 7) is 7.02. The molecule has 0 aliphatic heterocycles. The van der Waals surface area contributed by atoms with Crippen molar-refractivity contribution in [2.24, 2.45) is 0 Å². The minimum absolute atomic E-state index is 0.114. The molecular formula is C18H23FN2O2. The van der Waals surface area contributed by atoms with Gasteiger partial charge in [0.2, 0.25) is 0 Å². The van der Waals surface area contributed by atoms with Crippen LogP contribution in [0.2, 0.25) is 0 Å². The van der Waals surface area contributed by atoms with Crippen LogP contribution >= 0.6 is 0 Å². The zero-order chi connectivity index (χ0) is 16.8. The average molecular weight is 318 g/mol. The van der Waals surface area contributed by atoms with Crippen LogP contribution in [0.3, 0.4) is 0 Å². The molecule has 0 saturated heterocycles. The fraction of sp³-hybridized carbons (Fsp3) is 0.389. The lowest BCUT2D eigenvalue weighted by Crippen LogP contribution is -2.25. The van der Waals surface area contributed by atoms with Gasteiger partial charge in [-0.3, -0.25) is 4.79 Å². The molecular weight excluding hydrogens is 295 g/mol. The van der Waals surface area contributed by atoms with Crippen molar-refractivity contribution in [2.75, 3.05) is 13.2 Å². The SMILES string of the molecule is Cc1[nH]c(-c2ccc(F)cc2)cc1C(=O)NCCCOC(C)C. The average Bonchev–Trinajstić information content (AvgIpc) is 2.89. The monoisotopic (exact) mass is 318 g/mol. The van der Waals surface area contributed by atoms with Crippen LogP contribution in [0.5, 0.6) is 0 Å². The fourth-order valence-electron chi connectivity index (χ4n) is 2.27. The number of hydrogen-bond donors (Lipinski definition) is 2. The highest BCUT2D eigenvalue weighted by molar-refractivity contribution is 5.96. The number of H-pyrrole nitrogens is 1. The molecule has 0 spiro atoms. The Morgan fingerprint density at radius 3 is 2.65 bits per heavy atom. The van der Waals surface area contributed by atoms with E-state index in [1.54, 1.807) is 18.2 Å². The van der Waals surface area contributed by atoms with Crippen molar-refractivity contribution in [3.63, 3.8) is 0 Å². The van der Waals surface area contributed by atoms with Crippen LogP contribution in [0.25, 0.3) is 11.3 Å². The third-order valence-electron chi connectivity index (χ3n) is 3.47. The van der Waals surface area contributed by atoms with E-state index in [-0.39, 0.29) is 17.8 Å². The largest absolute Gasteiger partial charge is 0.379 e. The van der Waals surface area contributed by atoms with Crippen molar-refractivity contribution in [2.45, 2.75) is 33.3 Å². The molecule has 0 unspecified atom stereocenters. The minimum Gasteiger partial charge on any atom is -0.379 e. The summed E-state index contributed by atoms with van der Waals surface area (Å²) in [7, 11) is 0. The summed E-state index contributed by atoms with van der Waals surface area (Å²) < 4.78 is 18.4. The van der Waals surface area contributed by atoms with E-state index in [9.17, 15) is 9.18 Å². The lowest BCUT2D eigenvalue weighted by molar-refractivity contribution is 0.0757. The Labute approximate surface area is 136 Å². The zero-order valence-corrected chi connectivity index (χ0v) is 13.8. The van der Waals surface area contributed by atoms with Crippen LogP contribution in [0.1, 0.15) is 36.3 Å². The molecule has 2 aromatic rings. The van der Waals surface area contributed by atoms with E-state index in [1.165, 1.54) is 12.1 Å². The van der Waals surface area contributed by atoms with Crippen molar-refractivity contribution in [1.82, 2.24) is 10.3 Å². The maximum absolute atomic E-state index is 13.0. The van der Waals surface area contributed by atoms with Gasteiger partial charge in [-0.1, -0.05) is 0 Å². The number of benzene rings is 1. The molecule has 0 aliphatic carbocycles. The number of rotatable bonds is 7. The van der Waals surface area contributed by atoms with Crippen molar-refractivity contribution < 1.29 is 13.9 Å². The number of aromatic nitrogens is 1. The lowest BCUT2D eigenvalue weighted by atomic mass is 10.1. The Morgan fingerprint density at radius 2 is 2.00 bits per heavy atom. The van der Waals surface area contributed by atoms with E-state index in [4.69, 9.17) is 4.74 Å². The van der Waals surface area contributed by atoms with Crippen molar-refractivity contribution in [3.05, 3.63) is 47.4 Å². The lowest BCUT2D eigenvalue weighted by Gasteiger charge is -2.08. The number of halogens is 1. The highest BCUT2D eigenvalue weighted by atomic mass is 19.1. The van der Waals surface area contributed by atoms with E-state index < -0.39 is 0 Å². The van der Waals surface area contributed by atoms with Gasteiger partial charge in [-0.2, -0.15) is 0 Å². The summed E-state index contributed by atoms with van der Waals surface area (Å²) in [5, 5.41) is 2.89. The Morgan fingerprint density at radius 1 is 1.30 bits per heavy atom. The molecule has 0 fully saturated rings. The standard InChI is InChI=1S/C18H23FN2O2/c1-12(2)23-10-4-9-20-18(22)16-11-17(21-13(16)3)14-5-7-15(19)8-6-14/h5-8,11-12,21H,4,9-10H2,1-3H3,(H,20,22). The first-order valence-electron chi connectivity index (χ1n) is 7.82. The van der Waals surface area contributed by atoms with E-state index in [0.29, 0.717) is 18.7 Å². The predicted octanol–water partition coefficient (Wildman–Crippen LogP) is 3.67. The smallest absolute Gasteiger partial charge is 0.253 e. The highest BCUT2D eigenvalue weighted by Crippen LogP contribution is 2.22. The Hall–Kier alpha value is -2.14. The predicted molar refractivity (Wildman–Crippen MR) is 89.0 cm³/mol. The Balaban J connectivity index is 1.95. The van der Waals surface area contributed by atoms with Crippen molar-refractivity contribution in [1.29, 1.82) is 0 Å². The molecule has 23 heavy (non-hydrogen) atoms. The number of aromatic amines is 1. The third-order valence-corrected chi connectivity index (χ3v) is 3.47. The van der Waals surface area contributed by atoms with E-state index >= 15 is 0 Å². The van der Waals surface area contributed by atoms with Crippen molar-refractivity contribution in [3.8, 4) is 11.3 Å². The second kappa shape index (κ2) is 7.92. The summed E-state index contributed by atoms with van der Waals surface area (Å²) in [5.41, 5.74) is 3.05. The maximum Gasteiger partial charge on any atom is 0.253 e. The number of carbonyl (C=O) groups excluding carboxylic acids is 1. The number of carbonyl (C=O) groups is 1. The topological polar surface area (TPSA) is 54.1 Å². The molecule has 2 N–H and O–H groups in total. The molecule has 1 aromatic heterocycles. The summed E-state index contributed by atoms with van der Waals surface area (Å²) in [6.07, 6.45) is 0.981. The van der Waals surface area contributed by atoms with Gasteiger partial charge < -0.3 is 15.0 Å². The number of hydrogen-bond acceptors (Lipinski definition) is 2. The van der Waals surface area contributed by atoms with Crippen LogP contribution in [0.15, 0.2) is 30.3 Å². The van der Waals surface area contributed by atoms with Gasteiger partial charge >= 0.3 is 0 Å². The van der Waals surface area contributed by atoms with Gasteiger partial charge in [-0.15, -0.1) is 0 Å². The van der Waals surface area contributed by atoms with E-state index in [2.05, 4.69) is 10.3 Å². The summed E-state index contributed by atoms with van der Waals surface area (Å²) in [5.74, 6) is -0.393. The Kier molecular flexibility index (Phi) is 5.93. The molecule has 1 amide bonds. The number of aryl methyl sites for hydroxylation is 1.